The van der Waals surface area contributed by atoms with E-state index in [1.54, 1.807) is 30.6 Å². The van der Waals surface area contributed by atoms with Crippen molar-refractivity contribution in [3.63, 3.8) is 0 Å². The van der Waals surface area contributed by atoms with Crippen molar-refractivity contribution >= 4 is 15.5 Å². The molecule has 16 heavy (non-hydrogen) atoms. The zero-order chi connectivity index (χ0) is 11.8. The number of rotatable bonds is 2. The highest BCUT2D eigenvalue weighted by Crippen LogP contribution is 2.24. The molecule has 1 aromatic heterocycles. The third kappa shape index (κ3) is 1.79. The van der Waals surface area contributed by atoms with Gasteiger partial charge in [-0.3, -0.25) is 0 Å². The van der Waals surface area contributed by atoms with Gasteiger partial charge in [-0.05, 0) is 18.2 Å². The van der Waals surface area contributed by atoms with E-state index < -0.39 is 9.84 Å². The highest BCUT2D eigenvalue weighted by atomic mass is 32.2. The van der Waals surface area contributed by atoms with Crippen molar-refractivity contribution < 1.29 is 8.42 Å². The van der Waals surface area contributed by atoms with E-state index in [4.69, 9.17) is 5.73 Å². The van der Waals surface area contributed by atoms with Gasteiger partial charge in [-0.15, -0.1) is 0 Å². The van der Waals surface area contributed by atoms with Gasteiger partial charge in [-0.1, -0.05) is 6.07 Å². The number of aromatic nitrogens is 2. The van der Waals surface area contributed by atoms with Gasteiger partial charge in [0, 0.05) is 18.6 Å². The van der Waals surface area contributed by atoms with E-state index in [1.807, 2.05) is 0 Å². The molecule has 0 atom stereocenters. The molecule has 0 unspecified atom stereocenters. The topological polar surface area (TPSA) is 78.0 Å². The molecule has 0 spiro atoms. The lowest BCUT2D eigenvalue weighted by Crippen LogP contribution is -2.07. The molecule has 0 bridgehead atoms. The van der Waals surface area contributed by atoms with Crippen molar-refractivity contribution in [2.24, 2.45) is 0 Å². The van der Waals surface area contributed by atoms with Crippen molar-refractivity contribution in [1.29, 1.82) is 0 Å². The minimum Gasteiger partial charge on any atom is -0.396 e. The van der Waals surface area contributed by atoms with Crippen LogP contribution in [0, 0.1) is 0 Å². The molecule has 0 radical (unpaired) electrons. The molecular formula is C10H11N3O2S. The number of nitrogen functional groups attached to an aromatic ring is 1. The maximum atomic E-state index is 11.5. The molecule has 84 valence electrons. The Morgan fingerprint density at radius 1 is 1.31 bits per heavy atom. The molecule has 0 aliphatic rings. The first-order valence-electron chi connectivity index (χ1n) is 4.59. The minimum absolute atomic E-state index is 0.125. The van der Waals surface area contributed by atoms with Crippen LogP contribution in [-0.2, 0) is 9.84 Å². The lowest BCUT2D eigenvalue weighted by atomic mass is 10.3. The first kappa shape index (κ1) is 10.7. The summed E-state index contributed by atoms with van der Waals surface area (Å²) in [6.45, 7) is 0. The summed E-state index contributed by atoms with van der Waals surface area (Å²) in [5, 5.41) is 4.01. The Morgan fingerprint density at radius 3 is 2.62 bits per heavy atom. The van der Waals surface area contributed by atoms with Crippen LogP contribution >= 0.6 is 0 Å². The molecule has 1 aromatic carbocycles. The summed E-state index contributed by atoms with van der Waals surface area (Å²) in [6, 6.07) is 6.59. The van der Waals surface area contributed by atoms with Crippen LogP contribution in [-0.4, -0.2) is 24.5 Å². The molecule has 2 rings (SSSR count). The third-order valence-electron chi connectivity index (χ3n) is 2.19. The summed E-state index contributed by atoms with van der Waals surface area (Å²) in [5.74, 6) is 0. The second-order valence-electron chi connectivity index (χ2n) is 3.41. The fourth-order valence-corrected chi connectivity index (χ4v) is 2.30. The maximum Gasteiger partial charge on any atom is 0.177 e. The Morgan fingerprint density at radius 2 is 2.06 bits per heavy atom. The summed E-state index contributed by atoms with van der Waals surface area (Å²) in [6.07, 6.45) is 4.44. The Kier molecular flexibility index (Phi) is 2.43. The Balaban J connectivity index is 2.67. The van der Waals surface area contributed by atoms with E-state index in [0.717, 1.165) is 6.26 Å². The minimum atomic E-state index is -3.31. The first-order chi connectivity index (χ1) is 7.50. The van der Waals surface area contributed by atoms with Gasteiger partial charge in [0.05, 0.1) is 16.3 Å². The van der Waals surface area contributed by atoms with E-state index in [-0.39, 0.29) is 10.6 Å². The lowest BCUT2D eigenvalue weighted by molar-refractivity contribution is 0.602. The van der Waals surface area contributed by atoms with Gasteiger partial charge in [0.15, 0.2) is 9.84 Å². The second-order valence-corrected chi connectivity index (χ2v) is 5.40. The van der Waals surface area contributed by atoms with Gasteiger partial charge < -0.3 is 5.73 Å². The van der Waals surface area contributed by atoms with Gasteiger partial charge >= 0.3 is 0 Å². The van der Waals surface area contributed by atoms with Crippen molar-refractivity contribution in [2.45, 2.75) is 4.90 Å². The van der Waals surface area contributed by atoms with Crippen molar-refractivity contribution in [3.05, 3.63) is 36.7 Å². The standard InChI is InChI=1S/C10H11N3O2S/c1-16(14,15)9-5-2-4-8(10(9)11)13-7-3-6-12-13/h2-7H,11H2,1H3. The SMILES string of the molecule is CS(=O)(=O)c1cccc(-n2cccn2)c1N. The summed E-state index contributed by atoms with van der Waals surface area (Å²) in [5.41, 5.74) is 6.60. The number of nitrogens with zero attached hydrogens (tertiary/aromatic N) is 2. The largest absolute Gasteiger partial charge is 0.396 e. The summed E-state index contributed by atoms with van der Waals surface area (Å²) < 4.78 is 24.5. The average molecular weight is 237 g/mol. The molecule has 2 N–H and O–H groups in total. The van der Waals surface area contributed by atoms with Gasteiger partial charge in [0.25, 0.3) is 0 Å². The van der Waals surface area contributed by atoms with E-state index in [0.29, 0.717) is 5.69 Å². The smallest absolute Gasteiger partial charge is 0.177 e. The third-order valence-corrected chi connectivity index (χ3v) is 3.35. The molecule has 5 nitrogen and oxygen atoms in total. The molecule has 0 aliphatic carbocycles. The number of para-hydroxylation sites is 1. The summed E-state index contributed by atoms with van der Waals surface area (Å²) >= 11 is 0. The summed E-state index contributed by atoms with van der Waals surface area (Å²) in [4.78, 5) is 0.125. The molecule has 6 heteroatoms. The molecule has 0 saturated heterocycles. The normalized spacial score (nSPS) is 11.6. The fourth-order valence-electron chi connectivity index (χ4n) is 1.47. The maximum absolute atomic E-state index is 11.5. The fraction of sp³-hybridized carbons (Fsp3) is 0.100. The Labute approximate surface area is 93.4 Å². The number of sulfone groups is 1. The average Bonchev–Trinajstić information content (AvgIpc) is 2.69. The van der Waals surface area contributed by atoms with Gasteiger partial charge in [-0.25, -0.2) is 13.1 Å². The van der Waals surface area contributed by atoms with Crippen LogP contribution in [0.15, 0.2) is 41.6 Å². The van der Waals surface area contributed by atoms with E-state index in [2.05, 4.69) is 5.10 Å². The number of nitrogens with two attached hydrogens (primary N) is 1. The van der Waals surface area contributed by atoms with Gasteiger partial charge in [0.1, 0.15) is 0 Å². The Bertz CT molecular complexity index is 603. The van der Waals surface area contributed by atoms with E-state index in [1.165, 1.54) is 10.7 Å². The quantitative estimate of drug-likeness (QED) is 0.786. The number of hydrogen-bond acceptors (Lipinski definition) is 4. The monoisotopic (exact) mass is 237 g/mol. The van der Waals surface area contributed by atoms with Crippen LogP contribution in [0.2, 0.25) is 0 Å². The van der Waals surface area contributed by atoms with Crippen LogP contribution in [0.25, 0.3) is 5.69 Å². The molecule has 0 fully saturated rings. The zero-order valence-electron chi connectivity index (χ0n) is 8.66. The Hall–Kier alpha value is -1.82. The lowest BCUT2D eigenvalue weighted by Gasteiger charge is -2.09. The van der Waals surface area contributed by atoms with Crippen LogP contribution < -0.4 is 5.73 Å². The number of anilines is 1. The summed E-state index contributed by atoms with van der Waals surface area (Å²) in [7, 11) is -3.31. The van der Waals surface area contributed by atoms with E-state index in [9.17, 15) is 8.42 Å². The molecule has 0 aliphatic heterocycles. The molecule has 0 amide bonds. The molecule has 0 saturated carbocycles. The number of benzene rings is 1. The van der Waals surface area contributed by atoms with Crippen LogP contribution in [0.3, 0.4) is 0 Å². The van der Waals surface area contributed by atoms with Gasteiger partial charge in [-0.2, -0.15) is 5.10 Å². The zero-order valence-corrected chi connectivity index (χ0v) is 9.48. The highest BCUT2D eigenvalue weighted by Gasteiger charge is 2.14. The highest BCUT2D eigenvalue weighted by molar-refractivity contribution is 7.90. The molecule has 1 heterocycles. The van der Waals surface area contributed by atoms with Crippen molar-refractivity contribution in [1.82, 2.24) is 9.78 Å². The second kappa shape index (κ2) is 3.64. The van der Waals surface area contributed by atoms with Crippen LogP contribution in [0.4, 0.5) is 5.69 Å². The van der Waals surface area contributed by atoms with Crippen molar-refractivity contribution in [3.8, 4) is 5.69 Å². The predicted octanol–water partition coefficient (Wildman–Crippen LogP) is 0.858. The van der Waals surface area contributed by atoms with Crippen LogP contribution in [0.1, 0.15) is 0 Å². The first-order valence-corrected chi connectivity index (χ1v) is 6.48. The predicted molar refractivity (Wildman–Crippen MR) is 61.1 cm³/mol. The van der Waals surface area contributed by atoms with Crippen molar-refractivity contribution in [2.75, 3.05) is 12.0 Å². The van der Waals surface area contributed by atoms with Gasteiger partial charge in [0.2, 0.25) is 0 Å². The van der Waals surface area contributed by atoms with Crippen LogP contribution in [0.5, 0.6) is 0 Å². The molecule has 2 aromatic rings. The number of hydrogen-bond donors (Lipinski definition) is 1. The molecular weight excluding hydrogens is 226 g/mol. The van der Waals surface area contributed by atoms with E-state index >= 15 is 0 Å².